The van der Waals surface area contributed by atoms with Crippen LogP contribution in [0.25, 0.3) is 0 Å². The first kappa shape index (κ1) is 11.7. The Hall–Kier alpha value is -2.08. The van der Waals surface area contributed by atoms with E-state index in [0.717, 1.165) is 28.3 Å². The highest BCUT2D eigenvalue weighted by molar-refractivity contribution is 7.10. The zero-order valence-corrected chi connectivity index (χ0v) is 11.9. The Balaban J connectivity index is 1.99. The number of aryl methyl sites for hydroxylation is 2. The first-order valence-electron chi connectivity index (χ1n) is 6.43. The van der Waals surface area contributed by atoms with Gasteiger partial charge in [0, 0.05) is 16.1 Å². The van der Waals surface area contributed by atoms with Gasteiger partial charge in [0.15, 0.2) is 5.82 Å². The van der Waals surface area contributed by atoms with Gasteiger partial charge < -0.3 is 10.1 Å². The maximum absolute atomic E-state index is 12.1. The molecule has 0 saturated carbocycles. The number of cyclic esters (lactones) is 1. The lowest BCUT2D eigenvalue weighted by molar-refractivity contribution is -0.136. The van der Waals surface area contributed by atoms with Gasteiger partial charge in [-0.2, -0.15) is 5.10 Å². The maximum atomic E-state index is 12.1. The number of rotatable bonds is 1. The van der Waals surface area contributed by atoms with Crippen molar-refractivity contribution < 1.29 is 9.53 Å². The second kappa shape index (κ2) is 3.96. The van der Waals surface area contributed by atoms with Crippen molar-refractivity contribution in [1.29, 1.82) is 0 Å². The van der Waals surface area contributed by atoms with E-state index in [1.54, 1.807) is 11.3 Å². The predicted octanol–water partition coefficient (Wildman–Crippen LogP) is 2.46. The molecule has 0 aliphatic carbocycles. The Morgan fingerprint density at radius 1 is 1.45 bits per heavy atom. The van der Waals surface area contributed by atoms with Crippen molar-refractivity contribution in [1.82, 2.24) is 10.2 Å². The Morgan fingerprint density at radius 3 is 3.05 bits per heavy atom. The molecule has 2 aromatic heterocycles. The van der Waals surface area contributed by atoms with E-state index in [0.29, 0.717) is 6.61 Å². The van der Waals surface area contributed by atoms with Gasteiger partial charge in [0.2, 0.25) is 0 Å². The number of nitrogens with one attached hydrogen (secondary N) is 2. The van der Waals surface area contributed by atoms with Gasteiger partial charge in [0.25, 0.3) is 0 Å². The third-order valence-corrected chi connectivity index (χ3v) is 4.98. The molecule has 102 valence electrons. The van der Waals surface area contributed by atoms with Crippen LogP contribution in [0.3, 0.4) is 0 Å². The number of esters is 1. The van der Waals surface area contributed by atoms with E-state index >= 15 is 0 Å². The standard InChI is InChI=1S/C14H13N3O2S/c1-6-3-4-20-12(6)11-9-7(2)16-17-13(9)15-8-5-19-14(18)10(8)11/h3-4,11H,5H2,1-2H3,(H2,15,16,17)/t11-/m0/s1. The van der Waals surface area contributed by atoms with Crippen LogP contribution in [0, 0.1) is 13.8 Å². The number of nitrogens with zero attached hydrogens (tertiary/aromatic N) is 1. The fourth-order valence-corrected chi connectivity index (χ4v) is 3.97. The highest BCUT2D eigenvalue weighted by Crippen LogP contribution is 2.46. The number of H-pyrrole nitrogens is 1. The average Bonchev–Trinajstić information content (AvgIpc) is 3.10. The minimum atomic E-state index is -0.225. The third kappa shape index (κ3) is 1.42. The number of carbonyl (C=O) groups is 1. The van der Waals surface area contributed by atoms with Crippen molar-refractivity contribution in [3.05, 3.63) is 44.4 Å². The van der Waals surface area contributed by atoms with Crippen molar-refractivity contribution in [3.63, 3.8) is 0 Å². The molecule has 4 rings (SSSR count). The summed E-state index contributed by atoms with van der Waals surface area (Å²) in [5.74, 6) is 0.504. The lowest BCUT2D eigenvalue weighted by Gasteiger charge is -2.23. The van der Waals surface area contributed by atoms with Crippen LogP contribution < -0.4 is 5.32 Å². The zero-order chi connectivity index (χ0) is 13.9. The molecule has 0 unspecified atom stereocenters. The van der Waals surface area contributed by atoms with Gasteiger partial charge in [-0.3, -0.25) is 5.10 Å². The molecule has 20 heavy (non-hydrogen) atoms. The number of fused-ring (bicyclic) bond motifs is 1. The Morgan fingerprint density at radius 2 is 2.30 bits per heavy atom. The molecule has 0 radical (unpaired) electrons. The number of thiophene rings is 1. The van der Waals surface area contributed by atoms with Gasteiger partial charge in [-0.25, -0.2) is 4.79 Å². The second-order valence-corrected chi connectivity index (χ2v) is 6.05. The minimum absolute atomic E-state index is 0.0741. The molecule has 0 aromatic carbocycles. The van der Waals surface area contributed by atoms with Crippen molar-refractivity contribution in [3.8, 4) is 0 Å². The number of aromatic nitrogens is 2. The molecule has 0 bridgehead atoms. The Labute approximate surface area is 119 Å². The van der Waals surface area contributed by atoms with Gasteiger partial charge in [-0.15, -0.1) is 11.3 Å². The van der Waals surface area contributed by atoms with Gasteiger partial charge in [-0.1, -0.05) is 0 Å². The number of ether oxygens (including phenoxy) is 1. The lowest BCUT2D eigenvalue weighted by atomic mass is 9.85. The molecular formula is C14H13N3O2S. The zero-order valence-electron chi connectivity index (χ0n) is 11.1. The molecule has 2 aliphatic rings. The first-order chi connectivity index (χ1) is 9.66. The summed E-state index contributed by atoms with van der Waals surface area (Å²) in [4.78, 5) is 13.3. The molecule has 2 aromatic rings. The van der Waals surface area contributed by atoms with E-state index in [4.69, 9.17) is 4.74 Å². The van der Waals surface area contributed by atoms with Crippen LogP contribution >= 0.6 is 11.3 Å². The van der Waals surface area contributed by atoms with Crippen molar-refractivity contribution in [2.45, 2.75) is 19.8 Å². The number of aromatic amines is 1. The molecule has 1 atom stereocenters. The van der Waals surface area contributed by atoms with Crippen molar-refractivity contribution in [2.24, 2.45) is 0 Å². The largest absolute Gasteiger partial charge is 0.456 e. The highest BCUT2D eigenvalue weighted by Gasteiger charge is 2.41. The van der Waals surface area contributed by atoms with Crippen LogP contribution in [0.4, 0.5) is 5.82 Å². The van der Waals surface area contributed by atoms with Gasteiger partial charge in [0.05, 0.1) is 17.2 Å². The van der Waals surface area contributed by atoms with Crippen molar-refractivity contribution >= 4 is 23.1 Å². The van der Waals surface area contributed by atoms with Gasteiger partial charge in [0.1, 0.15) is 6.61 Å². The van der Waals surface area contributed by atoms with Crippen LogP contribution in [-0.4, -0.2) is 22.8 Å². The molecule has 0 amide bonds. The summed E-state index contributed by atoms with van der Waals surface area (Å²) in [7, 11) is 0. The summed E-state index contributed by atoms with van der Waals surface area (Å²) in [6.07, 6.45) is 0. The summed E-state index contributed by atoms with van der Waals surface area (Å²) in [6, 6.07) is 2.08. The Kier molecular flexibility index (Phi) is 2.32. The monoisotopic (exact) mass is 287 g/mol. The smallest absolute Gasteiger partial charge is 0.337 e. The van der Waals surface area contributed by atoms with Crippen LogP contribution in [0.5, 0.6) is 0 Å². The van der Waals surface area contributed by atoms with Gasteiger partial charge >= 0.3 is 5.97 Å². The quantitative estimate of drug-likeness (QED) is 0.791. The maximum Gasteiger partial charge on any atom is 0.337 e. The van der Waals surface area contributed by atoms with Crippen molar-refractivity contribution in [2.75, 3.05) is 11.9 Å². The van der Waals surface area contributed by atoms with E-state index in [-0.39, 0.29) is 11.9 Å². The summed E-state index contributed by atoms with van der Waals surface area (Å²) >= 11 is 1.67. The van der Waals surface area contributed by atoms with Crippen LogP contribution in [0.2, 0.25) is 0 Å². The van der Waals surface area contributed by atoms with E-state index < -0.39 is 0 Å². The minimum Gasteiger partial charge on any atom is -0.456 e. The topological polar surface area (TPSA) is 67.0 Å². The number of anilines is 1. The summed E-state index contributed by atoms with van der Waals surface area (Å²) in [5, 5.41) is 12.6. The fraction of sp³-hybridized carbons (Fsp3) is 0.286. The summed E-state index contributed by atoms with van der Waals surface area (Å²) in [6.45, 7) is 4.36. The lowest BCUT2D eigenvalue weighted by Crippen LogP contribution is -2.19. The van der Waals surface area contributed by atoms with E-state index in [2.05, 4.69) is 33.9 Å². The molecule has 0 fully saturated rings. The average molecular weight is 287 g/mol. The SMILES string of the molecule is Cc1ccsc1[C@@H]1C2=C(COC2=O)Nc2n[nH]c(C)c21. The molecule has 0 spiro atoms. The molecule has 6 heteroatoms. The number of hydrogen-bond acceptors (Lipinski definition) is 5. The first-order valence-corrected chi connectivity index (χ1v) is 7.31. The molecular weight excluding hydrogens is 274 g/mol. The normalized spacial score (nSPS) is 20.5. The van der Waals surface area contributed by atoms with E-state index in [1.165, 1.54) is 10.4 Å². The van der Waals surface area contributed by atoms with Crippen LogP contribution in [0.1, 0.15) is 27.6 Å². The van der Waals surface area contributed by atoms with Gasteiger partial charge in [-0.05, 0) is 30.9 Å². The second-order valence-electron chi connectivity index (χ2n) is 5.11. The molecule has 2 N–H and O–H groups in total. The van der Waals surface area contributed by atoms with Crippen LogP contribution in [-0.2, 0) is 9.53 Å². The van der Waals surface area contributed by atoms with E-state index in [1.807, 2.05) is 6.92 Å². The molecule has 5 nitrogen and oxygen atoms in total. The fourth-order valence-electron chi connectivity index (χ4n) is 2.93. The summed E-state index contributed by atoms with van der Waals surface area (Å²) < 4.78 is 5.20. The Bertz CT molecular complexity index is 756. The highest BCUT2D eigenvalue weighted by atomic mass is 32.1. The van der Waals surface area contributed by atoms with Crippen LogP contribution in [0.15, 0.2) is 22.7 Å². The van der Waals surface area contributed by atoms with E-state index in [9.17, 15) is 4.79 Å². The summed E-state index contributed by atoms with van der Waals surface area (Å²) in [5.41, 5.74) is 4.80. The molecule has 2 aliphatic heterocycles. The molecule has 4 heterocycles. The number of carbonyl (C=O) groups excluding carboxylic acids is 1. The third-order valence-electron chi connectivity index (χ3n) is 3.90. The molecule has 0 saturated heterocycles. The number of hydrogen-bond donors (Lipinski definition) is 2. The predicted molar refractivity (Wildman–Crippen MR) is 75.8 cm³/mol.